The Labute approximate surface area is 402 Å². The molecule has 2 amide bonds. The predicted octanol–water partition coefficient (Wildman–Crippen LogP) is 1.33. The number of carboxylic acid groups (broad SMARTS) is 5. The number of hydrogen-bond donors (Lipinski definition) is 10. The molecule has 0 aliphatic heterocycles. The Morgan fingerprint density at radius 2 is 1.35 bits per heavy atom. The highest BCUT2D eigenvalue weighted by Crippen LogP contribution is 2.68. The summed E-state index contributed by atoms with van der Waals surface area (Å²) in [5.41, 5.74) is 0.618. The van der Waals surface area contributed by atoms with E-state index in [4.69, 9.17) is 14.9 Å². The topological polar surface area (TPSA) is 324 Å². The second-order valence-electron chi connectivity index (χ2n) is 20.5. The molecule has 0 radical (unpaired) electrons. The third kappa shape index (κ3) is 14.4. The number of aliphatic hydroxyl groups excluding tert-OH is 3. The number of carbonyl (C=O) groups excluding carboxylic acids is 2. The molecule has 69 heavy (non-hydrogen) atoms. The summed E-state index contributed by atoms with van der Waals surface area (Å²) < 4.78 is 5.67. The molecular weight excluding hydrogens is 903 g/mol. The van der Waals surface area contributed by atoms with E-state index in [1.807, 2.05) is 0 Å². The van der Waals surface area contributed by atoms with Gasteiger partial charge in [-0.1, -0.05) is 32.9 Å². The zero-order chi connectivity index (χ0) is 50.8. The lowest BCUT2D eigenvalue weighted by Crippen LogP contribution is -2.62. The average molecular weight is 976 g/mol. The highest BCUT2D eigenvalue weighted by molar-refractivity contribution is 5.94. The summed E-state index contributed by atoms with van der Waals surface area (Å²) in [6, 6.07) is 4.99. The van der Waals surface area contributed by atoms with Crippen LogP contribution >= 0.6 is 0 Å². The number of ether oxygens (including phenoxy) is 1. The molecule has 12 atom stereocenters. The van der Waals surface area contributed by atoms with Gasteiger partial charge in [0.15, 0.2) is 0 Å². The maximum Gasteiger partial charge on any atom is 0.323 e. The Hall–Kier alpha value is -4.77. The summed E-state index contributed by atoms with van der Waals surface area (Å²) in [6.07, 6.45) is 5.00. The highest BCUT2D eigenvalue weighted by atomic mass is 16.5. The van der Waals surface area contributed by atoms with Crippen molar-refractivity contribution in [1.82, 2.24) is 20.0 Å². The van der Waals surface area contributed by atoms with Gasteiger partial charge in [0.25, 0.3) is 0 Å². The van der Waals surface area contributed by atoms with Crippen molar-refractivity contribution in [2.24, 2.45) is 46.3 Å². The van der Waals surface area contributed by atoms with E-state index in [9.17, 15) is 64.2 Å². The maximum atomic E-state index is 13.0. The molecule has 21 heteroatoms. The Morgan fingerprint density at radius 1 is 0.739 bits per heavy atom. The van der Waals surface area contributed by atoms with Crippen molar-refractivity contribution in [2.45, 2.75) is 110 Å². The van der Waals surface area contributed by atoms with Gasteiger partial charge in [0.1, 0.15) is 6.04 Å². The minimum Gasteiger partial charge on any atom is -0.480 e. The first-order valence-electron chi connectivity index (χ1n) is 24.1. The Kier molecular flexibility index (Phi) is 19.5. The van der Waals surface area contributed by atoms with Crippen molar-refractivity contribution >= 4 is 47.3 Å². The third-order valence-corrected chi connectivity index (χ3v) is 16.2. The SMILES string of the molecule is C[C@H](CCC(=O)NCC(=O)Nc1ccc(COCC(C(=O)O)N(CCN(CCN(CC(=O)O)CC(=O)O)CC(=O)O)CC(=O)O)cc1)[C@H]1CCC2C3C(C[C@H](O)[C@@]21C)[C@@]1(C)CC[C@@H](O)C[C@H]1C[C@H]3O. The van der Waals surface area contributed by atoms with Crippen molar-refractivity contribution in [2.75, 3.05) is 70.8 Å². The standard InChI is InChI=1S/C48H73N5O16/c1-28(33-9-10-34-45-35(20-38(56)48(33,34)3)47(2)13-12-32(54)18-30(47)19-37(45)55)4-11-39(57)49-21-40(58)50-31-7-5-29(6-8-31)26-69-27-36(46(67)68)53(25-44(65)66)17-16-51(22-41(59)60)14-15-52(23-42(61)62)24-43(63)64/h5-8,28,30,32-38,45,54-56H,4,9-27H2,1-3H3,(H,49,57)(H,50,58)(H,59,60)(H,61,62)(H,63,64)(H,65,66)(H,67,68)/t28-,30+,32-,33-,34?,35?,36?,37-,38+,45?,47+,48-/m1/s1. The second-order valence-corrected chi connectivity index (χ2v) is 20.5. The van der Waals surface area contributed by atoms with E-state index in [1.54, 1.807) is 24.3 Å². The fraction of sp³-hybridized carbons (Fsp3) is 0.729. The van der Waals surface area contributed by atoms with E-state index in [1.165, 1.54) is 4.90 Å². The highest BCUT2D eigenvalue weighted by Gasteiger charge is 2.65. The first kappa shape index (κ1) is 55.2. The summed E-state index contributed by atoms with van der Waals surface area (Å²) in [5, 5.41) is 86.5. The minimum absolute atomic E-state index is 0.0124. The quantitative estimate of drug-likeness (QED) is 0.0595. The third-order valence-electron chi connectivity index (χ3n) is 16.2. The van der Waals surface area contributed by atoms with Crippen LogP contribution in [0.25, 0.3) is 0 Å². The second kappa shape index (κ2) is 24.4. The van der Waals surface area contributed by atoms with Crippen LogP contribution in [-0.4, -0.2) is 187 Å². The van der Waals surface area contributed by atoms with E-state index >= 15 is 0 Å². The fourth-order valence-corrected chi connectivity index (χ4v) is 12.6. The number of aliphatic carboxylic acids is 5. The van der Waals surface area contributed by atoms with E-state index in [0.717, 1.165) is 35.5 Å². The fourth-order valence-electron chi connectivity index (χ4n) is 12.6. The minimum atomic E-state index is -1.46. The van der Waals surface area contributed by atoms with Crippen LogP contribution in [0.3, 0.4) is 0 Å². The number of anilines is 1. The van der Waals surface area contributed by atoms with Crippen LogP contribution in [0.4, 0.5) is 5.69 Å². The average Bonchev–Trinajstić information content (AvgIpc) is 3.63. The van der Waals surface area contributed by atoms with Crippen LogP contribution in [0.5, 0.6) is 0 Å². The van der Waals surface area contributed by atoms with Gasteiger partial charge >= 0.3 is 29.8 Å². The molecule has 4 saturated carbocycles. The Morgan fingerprint density at radius 3 is 1.97 bits per heavy atom. The first-order chi connectivity index (χ1) is 32.5. The molecule has 21 nitrogen and oxygen atoms in total. The molecule has 1 aromatic carbocycles. The lowest BCUT2D eigenvalue weighted by Gasteiger charge is -2.63. The molecule has 10 N–H and O–H groups in total. The number of carbonyl (C=O) groups is 7. The van der Waals surface area contributed by atoms with Gasteiger partial charge in [-0.3, -0.25) is 48.3 Å². The van der Waals surface area contributed by atoms with E-state index < -0.39 is 86.8 Å². The van der Waals surface area contributed by atoms with Gasteiger partial charge in [-0.15, -0.1) is 0 Å². The molecule has 4 fully saturated rings. The zero-order valence-corrected chi connectivity index (χ0v) is 39.9. The zero-order valence-electron chi connectivity index (χ0n) is 39.9. The summed E-state index contributed by atoms with van der Waals surface area (Å²) >= 11 is 0. The molecule has 0 saturated heterocycles. The number of rotatable bonds is 27. The molecule has 4 aliphatic carbocycles. The summed E-state index contributed by atoms with van der Waals surface area (Å²) in [6.45, 7) is 2.65. The molecule has 386 valence electrons. The number of hydrogen-bond acceptors (Lipinski definition) is 14. The number of fused-ring (bicyclic) bond motifs is 5. The van der Waals surface area contributed by atoms with Crippen molar-refractivity contribution in [3.63, 3.8) is 0 Å². The van der Waals surface area contributed by atoms with Crippen molar-refractivity contribution in [1.29, 1.82) is 0 Å². The Bertz CT molecular complexity index is 1960. The van der Waals surface area contributed by atoms with Crippen LogP contribution in [-0.2, 0) is 44.9 Å². The number of amides is 2. The predicted molar refractivity (Wildman–Crippen MR) is 247 cm³/mol. The normalized spacial score (nSPS) is 29.3. The number of nitrogens with zero attached hydrogens (tertiary/aromatic N) is 3. The van der Waals surface area contributed by atoms with Crippen molar-refractivity contribution in [3.8, 4) is 0 Å². The lowest BCUT2D eigenvalue weighted by atomic mass is 9.43. The van der Waals surface area contributed by atoms with Gasteiger partial charge in [-0.25, -0.2) is 0 Å². The first-order valence-corrected chi connectivity index (χ1v) is 24.1. The van der Waals surface area contributed by atoms with E-state index in [2.05, 4.69) is 31.4 Å². The molecule has 5 rings (SSSR count). The number of carboxylic acids is 5. The van der Waals surface area contributed by atoms with Gasteiger partial charge in [0.2, 0.25) is 11.8 Å². The van der Waals surface area contributed by atoms with Crippen LogP contribution in [0.2, 0.25) is 0 Å². The van der Waals surface area contributed by atoms with Crippen molar-refractivity contribution < 1.29 is 79.2 Å². The van der Waals surface area contributed by atoms with E-state index in [0.29, 0.717) is 36.9 Å². The molecule has 0 aromatic heterocycles. The molecule has 4 unspecified atom stereocenters. The summed E-state index contributed by atoms with van der Waals surface area (Å²) in [5.74, 6) is -6.31. The number of benzene rings is 1. The largest absolute Gasteiger partial charge is 0.480 e. The van der Waals surface area contributed by atoms with Gasteiger partial charge in [-0.2, -0.15) is 0 Å². The summed E-state index contributed by atoms with van der Waals surface area (Å²) in [4.78, 5) is 87.2. The Balaban J connectivity index is 1.05. The van der Waals surface area contributed by atoms with E-state index in [-0.39, 0.29) is 104 Å². The number of aliphatic hydroxyl groups is 3. The van der Waals surface area contributed by atoms with Gasteiger partial charge in [0.05, 0.1) is 64.2 Å². The number of nitrogens with one attached hydrogen (secondary N) is 2. The molecular formula is C48H73N5O16. The van der Waals surface area contributed by atoms with Crippen LogP contribution in [0.1, 0.15) is 84.1 Å². The van der Waals surface area contributed by atoms with Gasteiger partial charge in [-0.05, 0) is 115 Å². The summed E-state index contributed by atoms with van der Waals surface area (Å²) in [7, 11) is 0. The molecule has 1 aromatic rings. The van der Waals surface area contributed by atoms with Gasteiger partial charge < -0.3 is 56.2 Å². The maximum absolute atomic E-state index is 13.0. The molecule has 0 spiro atoms. The van der Waals surface area contributed by atoms with Crippen LogP contribution in [0, 0.1) is 46.3 Å². The molecule has 0 bridgehead atoms. The monoisotopic (exact) mass is 976 g/mol. The lowest BCUT2D eigenvalue weighted by molar-refractivity contribution is -0.207. The smallest absolute Gasteiger partial charge is 0.323 e. The molecule has 0 heterocycles. The van der Waals surface area contributed by atoms with Crippen LogP contribution < -0.4 is 10.6 Å². The molecule has 4 aliphatic rings. The van der Waals surface area contributed by atoms with Gasteiger partial charge in [0, 0.05) is 38.3 Å². The van der Waals surface area contributed by atoms with Crippen molar-refractivity contribution in [3.05, 3.63) is 29.8 Å². The van der Waals surface area contributed by atoms with Crippen LogP contribution in [0.15, 0.2) is 24.3 Å².